The van der Waals surface area contributed by atoms with Crippen LogP contribution in [-0.2, 0) is 6.42 Å². The number of nitrogens with two attached hydrogens (primary N) is 1. The van der Waals surface area contributed by atoms with Crippen molar-refractivity contribution in [2.75, 3.05) is 0 Å². The molecule has 0 amide bonds. The van der Waals surface area contributed by atoms with Crippen molar-refractivity contribution in [3.8, 4) is 5.82 Å². The third-order valence-corrected chi connectivity index (χ3v) is 2.46. The van der Waals surface area contributed by atoms with Crippen LogP contribution >= 0.6 is 0 Å². The Morgan fingerprint density at radius 2 is 2.12 bits per heavy atom. The summed E-state index contributed by atoms with van der Waals surface area (Å²) < 4.78 is 1.74. The Morgan fingerprint density at radius 3 is 2.59 bits per heavy atom. The molecule has 2 aromatic rings. The van der Waals surface area contributed by atoms with E-state index in [9.17, 15) is 0 Å². The first-order chi connectivity index (χ1) is 8.06. The van der Waals surface area contributed by atoms with Crippen molar-refractivity contribution in [2.24, 2.45) is 5.73 Å². The third kappa shape index (κ3) is 2.68. The van der Waals surface area contributed by atoms with Crippen LogP contribution in [0.3, 0.4) is 0 Å². The van der Waals surface area contributed by atoms with Crippen LogP contribution in [0, 0.1) is 13.8 Å². The number of nitrogens with zero attached hydrogens (tertiary/aromatic N) is 4. The van der Waals surface area contributed by atoms with Crippen LogP contribution < -0.4 is 5.73 Å². The zero-order valence-corrected chi connectivity index (χ0v) is 10.4. The lowest BCUT2D eigenvalue weighted by Crippen LogP contribution is -2.17. The summed E-state index contributed by atoms with van der Waals surface area (Å²) in [5.74, 6) is 2.38. The van der Waals surface area contributed by atoms with Gasteiger partial charge in [-0.25, -0.2) is 9.97 Å². The molecule has 0 aliphatic heterocycles. The number of hydrogen-bond acceptors (Lipinski definition) is 4. The molecule has 0 saturated carbocycles. The van der Waals surface area contributed by atoms with Gasteiger partial charge in [0.1, 0.15) is 11.6 Å². The lowest BCUT2D eigenvalue weighted by molar-refractivity contribution is 0.732. The van der Waals surface area contributed by atoms with E-state index < -0.39 is 0 Å². The Labute approximate surface area is 101 Å². The summed E-state index contributed by atoms with van der Waals surface area (Å²) in [6.45, 7) is 5.77. The van der Waals surface area contributed by atoms with Gasteiger partial charge in [-0.1, -0.05) is 6.07 Å². The van der Waals surface area contributed by atoms with Crippen molar-refractivity contribution in [3.63, 3.8) is 0 Å². The molecule has 17 heavy (non-hydrogen) atoms. The van der Waals surface area contributed by atoms with Crippen LogP contribution in [0.1, 0.15) is 24.1 Å². The Balaban J connectivity index is 2.26. The average molecular weight is 231 g/mol. The highest BCUT2D eigenvalue weighted by atomic mass is 15.4. The number of pyridine rings is 1. The lowest BCUT2D eigenvalue weighted by atomic mass is 10.1. The van der Waals surface area contributed by atoms with Gasteiger partial charge in [-0.3, -0.25) is 0 Å². The standard InChI is InChI=1S/C12H17N5/c1-8(13)6-11-4-5-12(14-7-11)17-10(3)15-9(2)16-17/h4-5,7-8H,6,13H2,1-3H3. The minimum absolute atomic E-state index is 0.151. The highest BCUT2D eigenvalue weighted by molar-refractivity contribution is 5.25. The van der Waals surface area contributed by atoms with Gasteiger partial charge in [-0.2, -0.15) is 4.68 Å². The molecule has 0 fully saturated rings. The van der Waals surface area contributed by atoms with Crippen LogP contribution in [0.25, 0.3) is 5.82 Å². The molecule has 2 heterocycles. The topological polar surface area (TPSA) is 69.6 Å². The van der Waals surface area contributed by atoms with Crippen molar-refractivity contribution in [1.82, 2.24) is 19.7 Å². The molecular weight excluding hydrogens is 214 g/mol. The second-order valence-electron chi connectivity index (χ2n) is 4.32. The van der Waals surface area contributed by atoms with Crippen LogP contribution in [0.5, 0.6) is 0 Å². The van der Waals surface area contributed by atoms with Gasteiger partial charge in [0.05, 0.1) is 0 Å². The van der Waals surface area contributed by atoms with E-state index in [1.54, 1.807) is 4.68 Å². The van der Waals surface area contributed by atoms with Gasteiger partial charge < -0.3 is 5.73 Å². The van der Waals surface area contributed by atoms with Crippen LogP contribution in [0.2, 0.25) is 0 Å². The Bertz CT molecular complexity index is 498. The molecule has 5 nitrogen and oxygen atoms in total. The summed E-state index contributed by atoms with van der Waals surface area (Å²) in [4.78, 5) is 8.63. The zero-order chi connectivity index (χ0) is 12.4. The molecule has 5 heteroatoms. The van der Waals surface area contributed by atoms with Gasteiger partial charge in [-0.05, 0) is 38.8 Å². The summed E-state index contributed by atoms with van der Waals surface area (Å²) in [7, 11) is 0. The van der Waals surface area contributed by atoms with Crippen molar-refractivity contribution < 1.29 is 0 Å². The molecule has 0 radical (unpaired) electrons. The average Bonchev–Trinajstić information content (AvgIpc) is 2.58. The first-order valence-corrected chi connectivity index (χ1v) is 5.67. The molecule has 0 aliphatic rings. The monoisotopic (exact) mass is 231 g/mol. The Morgan fingerprint density at radius 1 is 1.35 bits per heavy atom. The van der Waals surface area contributed by atoms with E-state index >= 15 is 0 Å². The highest BCUT2D eigenvalue weighted by Crippen LogP contribution is 2.08. The maximum atomic E-state index is 5.75. The first-order valence-electron chi connectivity index (χ1n) is 5.67. The smallest absolute Gasteiger partial charge is 0.155 e. The minimum atomic E-state index is 0.151. The normalized spacial score (nSPS) is 12.7. The predicted octanol–water partition coefficient (Wildman–Crippen LogP) is 1.17. The molecule has 0 spiro atoms. The second kappa shape index (κ2) is 4.63. The van der Waals surface area contributed by atoms with Crippen LogP contribution in [0.15, 0.2) is 18.3 Å². The maximum absolute atomic E-state index is 5.75. The predicted molar refractivity (Wildman–Crippen MR) is 66.0 cm³/mol. The Kier molecular flexibility index (Phi) is 3.19. The minimum Gasteiger partial charge on any atom is -0.328 e. The van der Waals surface area contributed by atoms with E-state index in [-0.39, 0.29) is 6.04 Å². The van der Waals surface area contributed by atoms with Crippen LogP contribution in [0.4, 0.5) is 0 Å². The molecule has 2 rings (SSSR count). The number of hydrogen-bond donors (Lipinski definition) is 1. The van der Waals surface area contributed by atoms with Crippen molar-refractivity contribution in [3.05, 3.63) is 35.5 Å². The SMILES string of the molecule is Cc1nc(C)n(-c2ccc(CC(C)N)cn2)n1. The molecule has 0 aromatic carbocycles. The molecule has 0 saturated heterocycles. The fourth-order valence-corrected chi connectivity index (χ4v) is 1.77. The molecule has 0 aliphatic carbocycles. The van der Waals surface area contributed by atoms with Crippen molar-refractivity contribution >= 4 is 0 Å². The largest absolute Gasteiger partial charge is 0.328 e. The van der Waals surface area contributed by atoms with Gasteiger partial charge in [0.25, 0.3) is 0 Å². The van der Waals surface area contributed by atoms with E-state index in [1.165, 1.54) is 0 Å². The van der Waals surface area contributed by atoms with Gasteiger partial charge in [0, 0.05) is 12.2 Å². The van der Waals surface area contributed by atoms with Crippen molar-refractivity contribution in [1.29, 1.82) is 0 Å². The lowest BCUT2D eigenvalue weighted by Gasteiger charge is -2.06. The zero-order valence-electron chi connectivity index (χ0n) is 10.4. The summed E-state index contributed by atoms with van der Waals surface area (Å²) >= 11 is 0. The third-order valence-electron chi connectivity index (χ3n) is 2.46. The quantitative estimate of drug-likeness (QED) is 0.860. The number of aromatic nitrogens is 4. The fourth-order valence-electron chi connectivity index (χ4n) is 1.77. The number of aryl methyl sites for hydroxylation is 2. The Hall–Kier alpha value is -1.75. The first kappa shape index (κ1) is 11.7. The molecule has 90 valence electrons. The van der Waals surface area contributed by atoms with E-state index in [0.717, 1.165) is 29.5 Å². The van der Waals surface area contributed by atoms with Gasteiger partial charge in [-0.15, -0.1) is 5.10 Å². The molecule has 1 atom stereocenters. The summed E-state index contributed by atoms with van der Waals surface area (Å²) in [6, 6.07) is 4.12. The maximum Gasteiger partial charge on any atom is 0.155 e. The summed E-state index contributed by atoms with van der Waals surface area (Å²) in [5.41, 5.74) is 6.88. The van der Waals surface area contributed by atoms with Crippen molar-refractivity contribution in [2.45, 2.75) is 33.2 Å². The molecule has 0 bridgehead atoms. The highest BCUT2D eigenvalue weighted by Gasteiger charge is 2.06. The van der Waals surface area contributed by atoms with E-state index in [4.69, 9.17) is 5.73 Å². The summed E-state index contributed by atoms with van der Waals surface area (Å²) in [5, 5.41) is 4.29. The number of rotatable bonds is 3. The summed E-state index contributed by atoms with van der Waals surface area (Å²) in [6.07, 6.45) is 2.68. The fraction of sp³-hybridized carbons (Fsp3) is 0.417. The van der Waals surface area contributed by atoms with E-state index in [2.05, 4.69) is 15.1 Å². The molecule has 2 aromatic heterocycles. The second-order valence-corrected chi connectivity index (χ2v) is 4.32. The van der Waals surface area contributed by atoms with Crippen LogP contribution in [-0.4, -0.2) is 25.8 Å². The van der Waals surface area contributed by atoms with Gasteiger partial charge in [0.15, 0.2) is 5.82 Å². The van der Waals surface area contributed by atoms with E-state index in [0.29, 0.717) is 0 Å². The van der Waals surface area contributed by atoms with E-state index in [1.807, 2.05) is 39.1 Å². The van der Waals surface area contributed by atoms with Gasteiger partial charge in [0.2, 0.25) is 0 Å². The molecule has 1 unspecified atom stereocenters. The van der Waals surface area contributed by atoms with Gasteiger partial charge >= 0.3 is 0 Å². The molecular formula is C12H17N5. The molecule has 2 N–H and O–H groups in total.